The first-order valence-electron chi connectivity index (χ1n) is 6.26. The number of nitrogens with zero attached hydrogens (tertiary/aromatic N) is 1. The number of aromatic nitrogens is 2. The molecule has 1 aromatic carbocycles. The van der Waals surface area contributed by atoms with Crippen LogP contribution in [-0.4, -0.2) is 29.1 Å². The van der Waals surface area contributed by atoms with E-state index in [1.165, 1.54) is 0 Å². The molecule has 2 heterocycles. The van der Waals surface area contributed by atoms with Gasteiger partial charge < -0.3 is 19.6 Å². The molecular formula is C13H15N3O2S. The van der Waals surface area contributed by atoms with E-state index in [1.54, 1.807) is 7.11 Å². The molecule has 0 aliphatic carbocycles. The van der Waals surface area contributed by atoms with Gasteiger partial charge in [-0.25, -0.2) is 0 Å². The number of carbonyl (C=O) groups is 1. The number of aromatic amines is 1. The minimum atomic E-state index is -0.234. The van der Waals surface area contributed by atoms with Crippen molar-refractivity contribution >= 4 is 29.2 Å². The van der Waals surface area contributed by atoms with Gasteiger partial charge in [-0.2, -0.15) is 0 Å². The second kappa shape index (κ2) is 4.70. The number of carbonyl (C=O) groups excluding carboxylic acids is 1. The minimum absolute atomic E-state index is 0.0334. The first-order chi connectivity index (χ1) is 9.20. The lowest BCUT2D eigenvalue weighted by Crippen LogP contribution is -2.37. The molecule has 19 heavy (non-hydrogen) atoms. The zero-order valence-corrected chi connectivity index (χ0v) is 11.4. The van der Waals surface area contributed by atoms with E-state index in [1.807, 2.05) is 22.8 Å². The molecule has 6 heteroatoms. The van der Waals surface area contributed by atoms with Crippen molar-refractivity contribution in [1.29, 1.82) is 0 Å². The molecule has 0 radical (unpaired) electrons. The van der Waals surface area contributed by atoms with Crippen molar-refractivity contribution in [1.82, 2.24) is 14.9 Å². The molecule has 2 N–H and O–H groups in total. The molecule has 1 amide bonds. The first-order valence-corrected chi connectivity index (χ1v) is 6.67. The highest BCUT2D eigenvalue weighted by molar-refractivity contribution is 7.71. The summed E-state index contributed by atoms with van der Waals surface area (Å²) >= 11 is 5.35. The van der Waals surface area contributed by atoms with Gasteiger partial charge in [0, 0.05) is 12.6 Å². The summed E-state index contributed by atoms with van der Waals surface area (Å²) in [6.07, 6.45) is 1.78. The third-order valence-corrected chi connectivity index (χ3v) is 3.79. The molecule has 2 aromatic rings. The quantitative estimate of drug-likeness (QED) is 0.827. The van der Waals surface area contributed by atoms with Crippen molar-refractivity contribution < 1.29 is 9.53 Å². The van der Waals surface area contributed by atoms with Crippen LogP contribution >= 0.6 is 12.2 Å². The standard InChI is InChI=1S/C13H15N3O2S/c1-18-8-4-5-9-11(7-8)16(13(19)15-9)10-3-2-6-14-12(10)17/h4-5,7,10H,2-3,6H2,1H3,(H,14,17)(H,15,19). The summed E-state index contributed by atoms with van der Waals surface area (Å²) in [7, 11) is 1.63. The number of benzene rings is 1. The molecule has 5 nitrogen and oxygen atoms in total. The van der Waals surface area contributed by atoms with Crippen LogP contribution in [0.2, 0.25) is 0 Å². The molecule has 1 unspecified atom stereocenters. The maximum Gasteiger partial charge on any atom is 0.243 e. The zero-order chi connectivity index (χ0) is 13.4. The van der Waals surface area contributed by atoms with Crippen molar-refractivity contribution in [3.8, 4) is 5.75 Å². The highest BCUT2D eigenvalue weighted by Crippen LogP contribution is 2.27. The molecule has 0 spiro atoms. The van der Waals surface area contributed by atoms with Gasteiger partial charge >= 0.3 is 0 Å². The van der Waals surface area contributed by atoms with E-state index < -0.39 is 0 Å². The largest absolute Gasteiger partial charge is 0.497 e. The van der Waals surface area contributed by atoms with Gasteiger partial charge in [-0.1, -0.05) is 0 Å². The van der Waals surface area contributed by atoms with Crippen LogP contribution < -0.4 is 10.1 Å². The summed E-state index contributed by atoms with van der Waals surface area (Å²) in [5.41, 5.74) is 1.83. The van der Waals surface area contributed by atoms with E-state index in [-0.39, 0.29) is 11.9 Å². The van der Waals surface area contributed by atoms with Crippen LogP contribution in [0.15, 0.2) is 18.2 Å². The summed E-state index contributed by atoms with van der Waals surface area (Å²) in [4.78, 5) is 15.2. The number of rotatable bonds is 2. The maximum atomic E-state index is 12.0. The van der Waals surface area contributed by atoms with E-state index in [0.29, 0.717) is 4.77 Å². The molecule has 1 aromatic heterocycles. The van der Waals surface area contributed by atoms with Crippen LogP contribution in [0.5, 0.6) is 5.75 Å². The van der Waals surface area contributed by atoms with Gasteiger partial charge in [-0.15, -0.1) is 0 Å². The lowest BCUT2D eigenvalue weighted by molar-refractivity contribution is -0.125. The summed E-state index contributed by atoms with van der Waals surface area (Å²) in [6, 6.07) is 5.46. The predicted molar refractivity (Wildman–Crippen MR) is 75.0 cm³/mol. The molecule has 1 fully saturated rings. The Morgan fingerprint density at radius 3 is 3.05 bits per heavy atom. The van der Waals surface area contributed by atoms with Crippen LogP contribution in [0.25, 0.3) is 11.0 Å². The van der Waals surface area contributed by atoms with E-state index in [0.717, 1.165) is 36.2 Å². The molecule has 3 rings (SSSR count). The van der Waals surface area contributed by atoms with Gasteiger partial charge in [-0.3, -0.25) is 4.79 Å². The Bertz CT molecular complexity index is 689. The summed E-state index contributed by atoms with van der Waals surface area (Å²) in [5.74, 6) is 0.789. The predicted octanol–water partition coefficient (Wildman–Crippen LogP) is 2.16. The zero-order valence-electron chi connectivity index (χ0n) is 10.6. The monoisotopic (exact) mass is 277 g/mol. The number of methoxy groups -OCH3 is 1. The van der Waals surface area contributed by atoms with E-state index >= 15 is 0 Å². The number of ether oxygens (including phenoxy) is 1. The number of amides is 1. The Morgan fingerprint density at radius 2 is 2.32 bits per heavy atom. The summed E-state index contributed by atoms with van der Waals surface area (Å²) in [6.45, 7) is 0.744. The average molecular weight is 277 g/mol. The fourth-order valence-corrected chi connectivity index (χ4v) is 2.88. The number of H-pyrrole nitrogens is 1. The van der Waals surface area contributed by atoms with E-state index in [9.17, 15) is 4.79 Å². The number of piperidine rings is 1. The van der Waals surface area contributed by atoms with Crippen LogP contribution in [0, 0.1) is 4.77 Å². The molecule has 1 saturated heterocycles. The van der Waals surface area contributed by atoms with E-state index in [4.69, 9.17) is 17.0 Å². The molecular weight excluding hydrogens is 262 g/mol. The molecule has 1 aliphatic rings. The second-order valence-electron chi connectivity index (χ2n) is 4.63. The molecule has 1 aliphatic heterocycles. The molecule has 1 atom stereocenters. The Balaban J connectivity index is 2.18. The van der Waals surface area contributed by atoms with Crippen molar-refractivity contribution in [2.45, 2.75) is 18.9 Å². The number of hydrogen-bond donors (Lipinski definition) is 2. The molecule has 100 valence electrons. The Hall–Kier alpha value is -1.82. The van der Waals surface area contributed by atoms with Crippen LogP contribution in [0.3, 0.4) is 0 Å². The molecule has 0 bridgehead atoms. The smallest absolute Gasteiger partial charge is 0.243 e. The van der Waals surface area contributed by atoms with Crippen molar-refractivity contribution in [3.63, 3.8) is 0 Å². The Kier molecular flexibility index (Phi) is 3.02. The van der Waals surface area contributed by atoms with Gasteiger partial charge in [0.05, 0.1) is 18.1 Å². The highest BCUT2D eigenvalue weighted by atomic mass is 32.1. The summed E-state index contributed by atoms with van der Waals surface area (Å²) < 4.78 is 7.70. The fraction of sp³-hybridized carbons (Fsp3) is 0.385. The van der Waals surface area contributed by atoms with E-state index in [2.05, 4.69) is 10.3 Å². The van der Waals surface area contributed by atoms with Gasteiger partial charge in [0.1, 0.15) is 11.8 Å². The van der Waals surface area contributed by atoms with Crippen molar-refractivity contribution in [3.05, 3.63) is 23.0 Å². The van der Waals surface area contributed by atoms with Crippen LogP contribution in [0.1, 0.15) is 18.9 Å². The van der Waals surface area contributed by atoms with Gasteiger partial charge in [0.2, 0.25) is 5.91 Å². The number of imidazole rings is 1. The Labute approximate surface area is 115 Å². The van der Waals surface area contributed by atoms with Gasteiger partial charge in [0.15, 0.2) is 4.77 Å². The van der Waals surface area contributed by atoms with Gasteiger partial charge in [-0.05, 0) is 37.2 Å². The second-order valence-corrected chi connectivity index (χ2v) is 5.02. The number of hydrogen-bond acceptors (Lipinski definition) is 3. The third kappa shape index (κ3) is 2.02. The molecule has 0 saturated carbocycles. The van der Waals surface area contributed by atoms with Crippen molar-refractivity contribution in [2.75, 3.05) is 13.7 Å². The maximum absolute atomic E-state index is 12.0. The lowest BCUT2D eigenvalue weighted by Gasteiger charge is -2.23. The van der Waals surface area contributed by atoms with Crippen molar-refractivity contribution in [2.24, 2.45) is 0 Å². The number of fused-ring (bicyclic) bond motifs is 1. The van der Waals surface area contributed by atoms with Gasteiger partial charge in [0.25, 0.3) is 0 Å². The highest BCUT2D eigenvalue weighted by Gasteiger charge is 2.25. The topological polar surface area (TPSA) is 59.0 Å². The van der Waals surface area contributed by atoms with Crippen LogP contribution in [0.4, 0.5) is 0 Å². The first kappa shape index (κ1) is 12.2. The minimum Gasteiger partial charge on any atom is -0.497 e. The van der Waals surface area contributed by atoms with Crippen LogP contribution in [-0.2, 0) is 4.79 Å². The average Bonchev–Trinajstić information content (AvgIpc) is 2.74. The summed E-state index contributed by atoms with van der Waals surface area (Å²) in [5, 5.41) is 2.89. The Morgan fingerprint density at radius 1 is 1.47 bits per heavy atom. The SMILES string of the molecule is COc1ccc2[nH]c(=S)n(C3CCCNC3=O)c2c1. The normalized spacial score (nSPS) is 19.4. The number of nitrogens with one attached hydrogen (secondary N) is 2. The fourth-order valence-electron chi connectivity index (χ4n) is 2.54. The third-order valence-electron chi connectivity index (χ3n) is 3.49. The lowest BCUT2D eigenvalue weighted by atomic mass is 10.1.